The van der Waals surface area contributed by atoms with Crippen molar-refractivity contribution in [2.75, 3.05) is 6.61 Å². The zero-order valence-corrected chi connectivity index (χ0v) is 11.0. The molecule has 3 nitrogen and oxygen atoms in total. The largest absolute Gasteiger partial charge is 0.485 e. The number of para-hydroxylation sites is 1. The van der Waals surface area contributed by atoms with E-state index in [1.54, 1.807) is 0 Å². The molecule has 0 bridgehead atoms. The Morgan fingerprint density at radius 2 is 1.60 bits per heavy atom. The number of hydrogen-bond donors (Lipinski definition) is 0. The van der Waals surface area contributed by atoms with Gasteiger partial charge in [0.2, 0.25) is 0 Å². The van der Waals surface area contributed by atoms with E-state index in [0.717, 1.165) is 12.4 Å². The number of rotatable bonds is 5. The van der Waals surface area contributed by atoms with Crippen molar-refractivity contribution in [1.29, 1.82) is 0 Å². The van der Waals surface area contributed by atoms with Gasteiger partial charge >= 0.3 is 0 Å². The molecule has 2 saturated heterocycles. The van der Waals surface area contributed by atoms with Crippen LogP contribution in [-0.4, -0.2) is 24.9 Å². The SMILES string of the molecule is c1ccc(OC(C2CO2)C2OC2c2ccccc2)cc1. The van der Waals surface area contributed by atoms with Crippen molar-refractivity contribution < 1.29 is 14.2 Å². The minimum absolute atomic E-state index is 0.0254. The predicted molar refractivity (Wildman–Crippen MR) is 74.7 cm³/mol. The summed E-state index contributed by atoms with van der Waals surface area (Å²) in [5.41, 5.74) is 1.21. The minimum atomic E-state index is -0.0254. The van der Waals surface area contributed by atoms with Crippen molar-refractivity contribution >= 4 is 0 Å². The molecule has 0 amide bonds. The fourth-order valence-corrected chi connectivity index (χ4v) is 2.54. The van der Waals surface area contributed by atoms with Crippen LogP contribution in [0.15, 0.2) is 60.7 Å². The summed E-state index contributed by atoms with van der Waals surface area (Å²) in [6.07, 6.45) is 0.357. The molecule has 2 aromatic carbocycles. The molecular formula is C17H16O3. The number of hydrogen-bond acceptors (Lipinski definition) is 3. The predicted octanol–water partition coefficient (Wildman–Crippen LogP) is 2.97. The van der Waals surface area contributed by atoms with E-state index in [4.69, 9.17) is 14.2 Å². The Hall–Kier alpha value is -1.84. The second kappa shape index (κ2) is 4.93. The van der Waals surface area contributed by atoms with E-state index in [9.17, 15) is 0 Å². The van der Waals surface area contributed by atoms with Gasteiger partial charge in [0.05, 0.1) is 6.61 Å². The van der Waals surface area contributed by atoms with Gasteiger partial charge in [-0.05, 0) is 17.7 Å². The third kappa shape index (κ3) is 2.42. The van der Waals surface area contributed by atoms with Gasteiger partial charge in [-0.25, -0.2) is 0 Å². The third-order valence-electron chi connectivity index (χ3n) is 3.72. The molecule has 3 heteroatoms. The summed E-state index contributed by atoms with van der Waals surface area (Å²) in [6, 6.07) is 20.1. The van der Waals surface area contributed by atoms with Gasteiger partial charge < -0.3 is 14.2 Å². The molecule has 4 atom stereocenters. The van der Waals surface area contributed by atoms with Gasteiger partial charge in [0.25, 0.3) is 0 Å². The molecule has 4 unspecified atom stereocenters. The highest BCUT2D eigenvalue weighted by Gasteiger charge is 2.53. The van der Waals surface area contributed by atoms with E-state index in [0.29, 0.717) is 0 Å². The lowest BCUT2D eigenvalue weighted by Gasteiger charge is -2.15. The fraction of sp³-hybridized carbons (Fsp3) is 0.294. The van der Waals surface area contributed by atoms with Crippen molar-refractivity contribution in [2.45, 2.75) is 24.4 Å². The fourth-order valence-electron chi connectivity index (χ4n) is 2.54. The highest BCUT2D eigenvalue weighted by atomic mass is 16.7. The Balaban J connectivity index is 1.48. The van der Waals surface area contributed by atoms with E-state index in [1.165, 1.54) is 5.56 Å². The first-order chi connectivity index (χ1) is 9.92. The summed E-state index contributed by atoms with van der Waals surface area (Å²) in [5, 5.41) is 0. The average Bonchev–Trinajstić information content (AvgIpc) is 3.40. The molecule has 2 aliphatic heterocycles. The highest BCUT2D eigenvalue weighted by molar-refractivity contribution is 5.26. The van der Waals surface area contributed by atoms with Gasteiger partial charge in [-0.2, -0.15) is 0 Å². The molecule has 102 valence electrons. The molecule has 0 aromatic heterocycles. The van der Waals surface area contributed by atoms with Crippen LogP contribution in [-0.2, 0) is 9.47 Å². The van der Waals surface area contributed by atoms with Crippen molar-refractivity contribution in [2.24, 2.45) is 0 Å². The van der Waals surface area contributed by atoms with Crippen molar-refractivity contribution in [3.63, 3.8) is 0 Å². The van der Waals surface area contributed by atoms with Gasteiger partial charge in [-0.1, -0.05) is 48.5 Å². The summed E-state index contributed by atoms with van der Waals surface area (Å²) in [7, 11) is 0. The Kier molecular flexibility index (Phi) is 2.94. The lowest BCUT2D eigenvalue weighted by Crippen LogP contribution is -2.29. The topological polar surface area (TPSA) is 34.3 Å². The van der Waals surface area contributed by atoms with Crippen LogP contribution in [0, 0.1) is 0 Å². The maximum Gasteiger partial charge on any atom is 0.156 e. The number of ether oxygens (including phenoxy) is 3. The van der Waals surface area contributed by atoms with Crippen LogP contribution in [0.3, 0.4) is 0 Å². The van der Waals surface area contributed by atoms with Gasteiger partial charge in [-0.3, -0.25) is 0 Å². The first-order valence-corrected chi connectivity index (χ1v) is 6.95. The van der Waals surface area contributed by atoms with Crippen LogP contribution in [0.5, 0.6) is 5.75 Å². The molecule has 0 saturated carbocycles. The lowest BCUT2D eigenvalue weighted by atomic mass is 10.1. The van der Waals surface area contributed by atoms with Crippen molar-refractivity contribution in [3.05, 3.63) is 66.2 Å². The summed E-state index contributed by atoms with van der Waals surface area (Å²) in [5.74, 6) is 0.871. The Labute approximate surface area is 118 Å². The average molecular weight is 268 g/mol. The van der Waals surface area contributed by atoms with Gasteiger partial charge in [-0.15, -0.1) is 0 Å². The monoisotopic (exact) mass is 268 g/mol. The Morgan fingerprint density at radius 3 is 2.25 bits per heavy atom. The summed E-state index contributed by atoms with van der Waals surface area (Å²) >= 11 is 0. The number of benzene rings is 2. The summed E-state index contributed by atoms with van der Waals surface area (Å²) < 4.78 is 17.3. The molecule has 0 spiro atoms. The molecule has 0 N–H and O–H groups in total. The minimum Gasteiger partial charge on any atom is -0.485 e. The molecule has 2 aromatic rings. The van der Waals surface area contributed by atoms with Gasteiger partial charge in [0.15, 0.2) is 6.10 Å². The van der Waals surface area contributed by atoms with Crippen LogP contribution < -0.4 is 4.74 Å². The summed E-state index contributed by atoms with van der Waals surface area (Å²) in [4.78, 5) is 0. The maximum absolute atomic E-state index is 6.06. The van der Waals surface area contributed by atoms with E-state index in [-0.39, 0.29) is 24.4 Å². The van der Waals surface area contributed by atoms with Gasteiger partial charge in [0, 0.05) is 0 Å². The first-order valence-electron chi connectivity index (χ1n) is 6.95. The molecular weight excluding hydrogens is 252 g/mol. The Bertz CT molecular complexity index is 565. The molecule has 2 heterocycles. The van der Waals surface area contributed by atoms with Crippen molar-refractivity contribution in [3.8, 4) is 5.75 Å². The molecule has 4 rings (SSSR count). The van der Waals surface area contributed by atoms with E-state index in [2.05, 4.69) is 12.1 Å². The van der Waals surface area contributed by atoms with Crippen molar-refractivity contribution in [1.82, 2.24) is 0 Å². The first kappa shape index (κ1) is 11.9. The molecule has 2 aliphatic rings. The second-order valence-corrected chi connectivity index (χ2v) is 5.20. The standard InChI is InChI=1S/C17H16O3/c1-3-7-12(8-4-1)15-17(20-15)16(14-11-18-14)19-13-9-5-2-6-10-13/h1-10,14-17H,11H2. The number of epoxide rings is 2. The highest BCUT2D eigenvalue weighted by Crippen LogP contribution is 2.44. The maximum atomic E-state index is 6.06. The lowest BCUT2D eigenvalue weighted by molar-refractivity contribution is 0.125. The van der Waals surface area contributed by atoms with Crippen LogP contribution in [0.1, 0.15) is 11.7 Å². The molecule has 20 heavy (non-hydrogen) atoms. The van der Waals surface area contributed by atoms with Crippen LogP contribution in [0.4, 0.5) is 0 Å². The zero-order chi connectivity index (χ0) is 13.4. The van der Waals surface area contributed by atoms with E-state index < -0.39 is 0 Å². The zero-order valence-electron chi connectivity index (χ0n) is 11.0. The molecule has 2 fully saturated rings. The Morgan fingerprint density at radius 1 is 0.950 bits per heavy atom. The normalized spacial score (nSPS) is 28.7. The quantitative estimate of drug-likeness (QED) is 0.782. The van der Waals surface area contributed by atoms with Crippen LogP contribution in [0.2, 0.25) is 0 Å². The van der Waals surface area contributed by atoms with Crippen LogP contribution in [0.25, 0.3) is 0 Å². The smallest absolute Gasteiger partial charge is 0.156 e. The summed E-state index contributed by atoms with van der Waals surface area (Å²) in [6.45, 7) is 0.763. The third-order valence-corrected chi connectivity index (χ3v) is 3.72. The van der Waals surface area contributed by atoms with E-state index in [1.807, 2.05) is 48.5 Å². The van der Waals surface area contributed by atoms with E-state index >= 15 is 0 Å². The molecule has 0 radical (unpaired) electrons. The molecule has 0 aliphatic carbocycles. The second-order valence-electron chi connectivity index (χ2n) is 5.20. The van der Waals surface area contributed by atoms with Gasteiger partial charge in [0.1, 0.15) is 24.1 Å². The van der Waals surface area contributed by atoms with Crippen LogP contribution >= 0.6 is 0 Å².